The van der Waals surface area contributed by atoms with Gasteiger partial charge in [-0.15, -0.1) is 0 Å². The van der Waals surface area contributed by atoms with Gasteiger partial charge in [0.25, 0.3) is 5.91 Å². The van der Waals surface area contributed by atoms with Crippen LogP contribution in [0, 0.1) is 0 Å². The van der Waals surface area contributed by atoms with E-state index in [4.69, 9.17) is 20.3 Å². The van der Waals surface area contributed by atoms with Gasteiger partial charge in [0.15, 0.2) is 0 Å². The molecule has 0 aliphatic rings. The summed E-state index contributed by atoms with van der Waals surface area (Å²) in [5, 5.41) is 9.17. The number of phenolic OH excluding ortho intramolecular Hbond substituents is 1. The highest BCUT2D eigenvalue weighted by molar-refractivity contribution is 5.96. The van der Waals surface area contributed by atoms with Gasteiger partial charge in [-0.1, -0.05) is 0 Å². The van der Waals surface area contributed by atoms with Crippen LogP contribution in [0.25, 0.3) is 0 Å². The molecule has 82 valence electrons. The van der Waals surface area contributed by atoms with E-state index in [0.29, 0.717) is 19.0 Å². The van der Waals surface area contributed by atoms with Crippen LogP contribution >= 0.6 is 0 Å². The summed E-state index contributed by atoms with van der Waals surface area (Å²) >= 11 is 0. The van der Waals surface area contributed by atoms with Crippen LogP contribution in [0.4, 0.5) is 0 Å². The fourth-order valence-corrected chi connectivity index (χ4v) is 1.07. The summed E-state index contributed by atoms with van der Waals surface area (Å²) in [5.74, 6) is -0.321. The molecule has 5 nitrogen and oxygen atoms in total. The number of carbonyl (C=O) groups is 1. The summed E-state index contributed by atoms with van der Waals surface area (Å²) in [6.45, 7) is 0.737. The van der Waals surface area contributed by atoms with E-state index < -0.39 is 5.91 Å². The summed E-state index contributed by atoms with van der Waals surface area (Å²) in [6.07, 6.45) is 0. The molecule has 3 N–H and O–H groups in total. The predicted molar refractivity (Wildman–Crippen MR) is 54.0 cm³/mol. The number of primary amides is 1. The number of hydrogen-bond acceptors (Lipinski definition) is 4. The molecule has 0 bridgehead atoms. The van der Waals surface area contributed by atoms with Crippen molar-refractivity contribution in [1.82, 2.24) is 0 Å². The number of methoxy groups -OCH3 is 1. The molecule has 0 aromatic heterocycles. The van der Waals surface area contributed by atoms with Crippen LogP contribution in [0.5, 0.6) is 11.5 Å². The molecular weight excluding hydrogens is 198 g/mol. The van der Waals surface area contributed by atoms with Crippen molar-refractivity contribution >= 4 is 5.91 Å². The van der Waals surface area contributed by atoms with Crippen LogP contribution in [0.2, 0.25) is 0 Å². The zero-order valence-corrected chi connectivity index (χ0v) is 8.40. The number of aromatic hydroxyl groups is 1. The second-order valence-electron chi connectivity index (χ2n) is 2.89. The maximum absolute atomic E-state index is 11.0. The lowest BCUT2D eigenvalue weighted by Gasteiger charge is -2.09. The topological polar surface area (TPSA) is 81.8 Å². The molecule has 1 amide bonds. The van der Waals surface area contributed by atoms with Crippen LogP contribution in [0.15, 0.2) is 18.2 Å². The van der Waals surface area contributed by atoms with Crippen LogP contribution in [0.1, 0.15) is 10.4 Å². The SMILES string of the molecule is COCCOc1ccc(O)cc1C(N)=O. The van der Waals surface area contributed by atoms with E-state index in [0.717, 1.165) is 0 Å². The van der Waals surface area contributed by atoms with Crippen LogP contribution in [0.3, 0.4) is 0 Å². The van der Waals surface area contributed by atoms with Crippen molar-refractivity contribution in [1.29, 1.82) is 0 Å². The Balaban J connectivity index is 2.81. The number of rotatable bonds is 5. The smallest absolute Gasteiger partial charge is 0.252 e. The molecule has 0 fully saturated rings. The lowest BCUT2D eigenvalue weighted by molar-refractivity contribution is 0.0992. The molecule has 0 saturated heterocycles. The Labute approximate surface area is 87.4 Å². The Morgan fingerprint density at radius 3 is 2.80 bits per heavy atom. The third-order valence-corrected chi connectivity index (χ3v) is 1.77. The van der Waals surface area contributed by atoms with E-state index in [2.05, 4.69) is 0 Å². The minimum atomic E-state index is -0.640. The Hall–Kier alpha value is -1.75. The number of carbonyl (C=O) groups excluding carboxylic acids is 1. The molecule has 0 radical (unpaired) electrons. The lowest BCUT2D eigenvalue weighted by atomic mass is 10.2. The van der Waals surface area contributed by atoms with Gasteiger partial charge in [0.1, 0.15) is 18.1 Å². The molecule has 0 spiro atoms. The van der Waals surface area contributed by atoms with E-state index in [1.54, 1.807) is 7.11 Å². The molecule has 0 heterocycles. The average Bonchev–Trinajstić information content (AvgIpc) is 2.20. The third kappa shape index (κ3) is 3.14. The first-order valence-corrected chi connectivity index (χ1v) is 4.39. The van der Waals surface area contributed by atoms with Gasteiger partial charge in [0, 0.05) is 7.11 Å². The fraction of sp³-hybridized carbons (Fsp3) is 0.300. The first-order valence-electron chi connectivity index (χ1n) is 4.39. The highest BCUT2D eigenvalue weighted by atomic mass is 16.5. The van der Waals surface area contributed by atoms with Gasteiger partial charge in [-0.05, 0) is 18.2 Å². The monoisotopic (exact) mass is 211 g/mol. The van der Waals surface area contributed by atoms with E-state index in [9.17, 15) is 4.79 Å². The van der Waals surface area contributed by atoms with Crippen molar-refractivity contribution in [2.45, 2.75) is 0 Å². The molecule has 1 aromatic carbocycles. The number of benzene rings is 1. The number of amides is 1. The molecule has 0 saturated carbocycles. The third-order valence-electron chi connectivity index (χ3n) is 1.77. The van der Waals surface area contributed by atoms with Crippen LogP contribution in [-0.2, 0) is 4.74 Å². The highest BCUT2D eigenvalue weighted by Crippen LogP contribution is 2.22. The Morgan fingerprint density at radius 1 is 1.47 bits per heavy atom. The van der Waals surface area contributed by atoms with Gasteiger partial charge in [0.05, 0.1) is 12.2 Å². The zero-order chi connectivity index (χ0) is 11.3. The second-order valence-corrected chi connectivity index (χ2v) is 2.89. The summed E-state index contributed by atoms with van der Waals surface area (Å²) in [4.78, 5) is 11.0. The Morgan fingerprint density at radius 2 is 2.20 bits per heavy atom. The number of ether oxygens (including phenoxy) is 2. The van der Waals surface area contributed by atoms with Crippen LogP contribution in [-0.4, -0.2) is 31.3 Å². The van der Waals surface area contributed by atoms with E-state index >= 15 is 0 Å². The van der Waals surface area contributed by atoms with Gasteiger partial charge < -0.3 is 20.3 Å². The van der Waals surface area contributed by atoms with Gasteiger partial charge in [-0.2, -0.15) is 0 Å². The van der Waals surface area contributed by atoms with Gasteiger partial charge in [-0.25, -0.2) is 0 Å². The first kappa shape index (κ1) is 11.3. The largest absolute Gasteiger partial charge is 0.508 e. The maximum Gasteiger partial charge on any atom is 0.252 e. The van der Waals surface area contributed by atoms with Gasteiger partial charge in [0.2, 0.25) is 0 Å². The fourth-order valence-electron chi connectivity index (χ4n) is 1.07. The minimum Gasteiger partial charge on any atom is -0.508 e. The van der Waals surface area contributed by atoms with E-state index in [1.165, 1.54) is 18.2 Å². The highest BCUT2D eigenvalue weighted by Gasteiger charge is 2.10. The minimum absolute atomic E-state index is 0.0251. The maximum atomic E-state index is 11.0. The van der Waals surface area contributed by atoms with Crippen molar-refractivity contribution in [3.63, 3.8) is 0 Å². The van der Waals surface area contributed by atoms with Crippen molar-refractivity contribution in [2.24, 2.45) is 5.73 Å². The lowest BCUT2D eigenvalue weighted by Crippen LogP contribution is -2.14. The van der Waals surface area contributed by atoms with Crippen molar-refractivity contribution in [2.75, 3.05) is 20.3 Å². The summed E-state index contributed by atoms with van der Waals surface area (Å²) in [7, 11) is 1.55. The van der Waals surface area contributed by atoms with Crippen LogP contribution < -0.4 is 10.5 Å². The second kappa shape index (κ2) is 5.21. The predicted octanol–water partition coefficient (Wildman–Crippen LogP) is 0.516. The Bertz CT molecular complexity index is 351. The quantitative estimate of drug-likeness (QED) is 0.695. The number of nitrogens with two attached hydrogens (primary N) is 1. The van der Waals surface area contributed by atoms with E-state index in [1.807, 2.05) is 0 Å². The zero-order valence-electron chi connectivity index (χ0n) is 8.40. The Kier molecular flexibility index (Phi) is 3.93. The van der Waals surface area contributed by atoms with Gasteiger partial charge in [-0.3, -0.25) is 4.79 Å². The first-order chi connectivity index (χ1) is 7.15. The van der Waals surface area contributed by atoms with Crippen molar-refractivity contribution < 1.29 is 19.4 Å². The number of hydrogen-bond donors (Lipinski definition) is 2. The molecule has 0 aliphatic carbocycles. The molecule has 5 heteroatoms. The standard InChI is InChI=1S/C10H13NO4/c1-14-4-5-15-9-3-2-7(12)6-8(9)10(11)13/h2-3,6,12H,4-5H2,1H3,(H2,11,13). The van der Waals surface area contributed by atoms with E-state index in [-0.39, 0.29) is 11.3 Å². The summed E-state index contributed by atoms with van der Waals surface area (Å²) in [6, 6.07) is 4.18. The van der Waals surface area contributed by atoms with Gasteiger partial charge >= 0.3 is 0 Å². The molecule has 0 atom stereocenters. The normalized spacial score (nSPS) is 9.93. The molecule has 1 rings (SSSR count). The molecule has 0 aliphatic heterocycles. The van der Waals surface area contributed by atoms with Crippen molar-refractivity contribution in [3.05, 3.63) is 23.8 Å². The summed E-state index contributed by atoms with van der Waals surface area (Å²) < 4.78 is 10.1. The number of phenols is 1. The molecule has 15 heavy (non-hydrogen) atoms. The molecular formula is C10H13NO4. The molecule has 1 aromatic rings. The molecule has 0 unspecified atom stereocenters. The summed E-state index contributed by atoms with van der Waals surface area (Å²) in [5.41, 5.74) is 5.28. The average molecular weight is 211 g/mol. The van der Waals surface area contributed by atoms with Crippen molar-refractivity contribution in [3.8, 4) is 11.5 Å².